The Kier molecular flexibility index (Phi) is 4.96. The van der Waals surface area contributed by atoms with Crippen molar-refractivity contribution in [1.29, 1.82) is 0 Å². The molecule has 88 valence electrons. The van der Waals surface area contributed by atoms with Crippen LogP contribution in [0.1, 0.15) is 19.4 Å². The van der Waals surface area contributed by atoms with Gasteiger partial charge in [0.25, 0.3) is 0 Å². The molecule has 0 aromatic heterocycles. The zero-order valence-electron chi connectivity index (χ0n) is 9.48. The van der Waals surface area contributed by atoms with Crippen LogP contribution in [0.4, 0.5) is 0 Å². The Morgan fingerprint density at radius 1 is 1.44 bits per heavy atom. The van der Waals surface area contributed by atoms with Crippen molar-refractivity contribution in [2.75, 3.05) is 6.54 Å². The molecule has 1 aromatic rings. The summed E-state index contributed by atoms with van der Waals surface area (Å²) >= 11 is 3.47. The highest BCUT2D eigenvalue weighted by atomic mass is 79.9. The maximum Gasteiger partial charge on any atom is 0.317 e. The fraction of sp³-hybridized carbons (Fsp3) is 0.417. The SMILES string of the molecule is CC(C)N(CC(=O)O)Cc1ccccc1Br. The van der Waals surface area contributed by atoms with Crippen molar-refractivity contribution < 1.29 is 9.90 Å². The summed E-state index contributed by atoms with van der Waals surface area (Å²) in [5.74, 6) is -0.791. The minimum Gasteiger partial charge on any atom is -0.480 e. The van der Waals surface area contributed by atoms with E-state index in [-0.39, 0.29) is 12.6 Å². The molecule has 16 heavy (non-hydrogen) atoms. The molecule has 0 aliphatic rings. The molecule has 1 aromatic carbocycles. The highest BCUT2D eigenvalue weighted by Gasteiger charge is 2.14. The first-order valence-electron chi connectivity index (χ1n) is 5.20. The Bertz CT molecular complexity index is 366. The fourth-order valence-corrected chi connectivity index (χ4v) is 1.85. The average Bonchev–Trinajstić information content (AvgIpc) is 2.19. The summed E-state index contributed by atoms with van der Waals surface area (Å²) in [6, 6.07) is 8.09. The van der Waals surface area contributed by atoms with E-state index in [0.29, 0.717) is 6.54 Å². The van der Waals surface area contributed by atoms with Gasteiger partial charge in [-0.1, -0.05) is 34.1 Å². The van der Waals surface area contributed by atoms with Crippen molar-refractivity contribution in [3.63, 3.8) is 0 Å². The number of hydrogen-bond acceptors (Lipinski definition) is 2. The summed E-state index contributed by atoms with van der Waals surface area (Å²) in [4.78, 5) is 12.7. The molecule has 0 aliphatic heterocycles. The van der Waals surface area contributed by atoms with Gasteiger partial charge in [-0.3, -0.25) is 9.69 Å². The first-order valence-corrected chi connectivity index (χ1v) is 5.99. The van der Waals surface area contributed by atoms with Crippen LogP contribution in [0.15, 0.2) is 28.7 Å². The quantitative estimate of drug-likeness (QED) is 0.904. The molecule has 0 bridgehead atoms. The lowest BCUT2D eigenvalue weighted by Crippen LogP contribution is -2.35. The maximum absolute atomic E-state index is 10.7. The monoisotopic (exact) mass is 285 g/mol. The van der Waals surface area contributed by atoms with Gasteiger partial charge in [0.15, 0.2) is 0 Å². The summed E-state index contributed by atoms with van der Waals surface area (Å²) in [5.41, 5.74) is 1.11. The summed E-state index contributed by atoms with van der Waals surface area (Å²) in [7, 11) is 0. The normalized spacial score (nSPS) is 11.1. The lowest BCUT2D eigenvalue weighted by Gasteiger charge is -2.24. The molecule has 0 fully saturated rings. The average molecular weight is 286 g/mol. The number of benzene rings is 1. The third kappa shape index (κ3) is 3.94. The van der Waals surface area contributed by atoms with Gasteiger partial charge in [0, 0.05) is 17.1 Å². The van der Waals surface area contributed by atoms with Crippen molar-refractivity contribution in [2.45, 2.75) is 26.4 Å². The number of halogens is 1. The first-order chi connectivity index (χ1) is 7.50. The van der Waals surface area contributed by atoms with Crippen LogP contribution in [0.5, 0.6) is 0 Å². The number of nitrogens with zero attached hydrogens (tertiary/aromatic N) is 1. The van der Waals surface area contributed by atoms with Gasteiger partial charge in [0.2, 0.25) is 0 Å². The van der Waals surface area contributed by atoms with E-state index in [2.05, 4.69) is 15.9 Å². The van der Waals surface area contributed by atoms with E-state index in [1.54, 1.807) is 0 Å². The standard InChI is InChI=1S/C12H16BrNO2/c1-9(2)14(8-12(15)16)7-10-5-3-4-6-11(10)13/h3-6,9H,7-8H2,1-2H3,(H,15,16). The minimum absolute atomic E-state index is 0.0685. The van der Waals surface area contributed by atoms with E-state index in [1.165, 1.54) is 0 Å². The lowest BCUT2D eigenvalue weighted by atomic mass is 10.2. The van der Waals surface area contributed by atoms with Crippen LogP contribution in [-0.2, 0) is 11.3 Å². The van der Waals surface area contributed by atoms with Crippen molar-refractivity contribution in [3.05, 3.63) is 34.3 Å². The summed E-state index contributed by atoms with van der Waals surface area (Å²) in [6.07, 6.45) is 0. The van der Waals surface area contributed by atoms with E-state index in [1.807, 2.05) is 43.0 Å². The van der Waals surface area contributed by atoms with Crippen LogP contribution < -0.4 is 0 Å². The number of carbonyl (C=O) groups is 1. The molecule has 0 spiro atoms. The second kappa shape index (κ2) is 6.01. The van der Waals surface area contributed by atoms with Crippen molar-refractivity contribution in [1.82, 2.24) is 4.90 Å². The molecule has 0 heterocycles. The van der Waals surface area contributed by atoms with E-state index >= 15 is 0 Å². The first kappa shape index (κ1) is 13.2. The Morgan fingerprint density at radius 2 is 2.06 bits per heavy atom. The third-order valence-corrected chi connectivity index (χ3v) is 3.17. The van der Waals surface area contributed by atoms with Gasteiger partial charge >= 0.3 is 5.97 Å². The Labute approximate surface area is 104 Å². The molecule has 4 heteroatoms. The molecule has 0 radical (unpaired) electrons. The van der Waals surface area contributed by atoms with E-state index in [9.17, 15) is 4.79 Å². The second-order valence-electron chi connectivity index (χ2n) is 3.98. The largest absolute Gasteiger partial charge is 0.480 e. The minimum atomic E-state index is -0.791. The van der Waals surface area contributed by atoms with Crippen LogP contribution in [0.3, 0.4) is 0 Å². The van der Waals surface area contributed by atoms with Gasteiger partial charge in [-0.05, 0) is 25.5 Å². The van der Waals surface area contributed by atoms with Gasteiger partial charge in [-0.2, -0.15) is 0 Å². The predicted molar refractivity (Wildman–Crippen MR) is 67.3 cm³/mol. The maximum atomic E-state index is 10.7. The van der Waals surface area contributed by atoms with Crippen LogP contribution in [0.2, 0.25) is 0 Å². The number of hydrogen-bond donors (Lipinski definition) is 1. The highest BCUT2D eigenvalue weighted by molar-refractivity contribution is 9.10. The van der Waals surface area contributed by atoms with Crippen LogP contribution in [0.25, 0.3) is 0 Å². The number of carboxylic acids is 1. The zero-order chi connectivity index (χ0) is 12.1. The topological polar surface area (TPSA) is 40.5 Å². The van der Waals surface area contributed by atoms with Gasteiger partial charge in [-0.15, -0.1) is 0 Å². The summed E-state index contributed by atoms with van der Waals surface area (Å²) < 4.78 is 1.02. The molecular weight excluding hydrogens is 270 g/mol. The molecule has 0 amide bonds. The Morgan fingerprint density at radius 3 is 2.56 bits per heavy atom. The second-order valence-corrected chi connectivity index (χ2v) is 4.84. The smallest absolute Gasteiger partial charge is 0.317 e. The molecule has 0 unspecified atom stereocenters. The van der Waals surface area contributed by atoms with Crippen molar-refractivity contribution >= 4 is 21.9 Å². The van der Waals surface area contributed by atoms with Gasteiger partial charge in [0.05, 0.1) is 6.54 Å². The number of rotatable bonds is 5. The molecule has 3 nitrogen and oxygen atoms in total. The zero-order valence-corrected chi connectivity index (χ0v) is 11.1. The van der Waals surface area contributed by atoms with E-state index in [4.69, 9.17) is 5.11 Å². The van der Waals surface area contributed by atoms with Crippen molar-refractivity contribution in [3.8, 4) is 0 Å². The van der Waals surface area contributed by atoms with E-state index in [0.717, 1.165) is 10.0 Å². The molecule has 0 saturated heterocycles. The predicted octanol–water partition coefficient (Wildman–Crippen LogP) is 2.74. The Hall–Kier alpha value is -0.870. The van der Waals surface area contributed by atoms with Gasteiger partial charge < -0.3 is 5.11 Å². The number of carboxylic acid groups (broad SMARTS) is 1. The molecule has 1 rings (SSSR count). The summed E-state index contributed by atoms with van der Waals surface area (Å²) in [6.45, 7) is 4.71. The van der Waals surface area contributed by atoms with Crippen LogP contribution in [0, 0.1) is 0 Å². The Balaban J connectivity index is 2.76. The fourth-order valence-electron chi connectivity index (χ4n) is 1.44. The van der Waals surface area contributed by atoms with E-state index < -0.39 is 5.97 Å². The molecule has 1 N–H and O–H groups in total. The van der Waals surface area contributed by atoms with Crippen LogP contribution >= 0.6 is 15.9 Å². The van der Waals surface area contributed by atoms with Crippen molar-refractivity contribution in [2.24, 2.45) is 0 Å². The molecular formula is C12H16BrNO2. The third-order valence-electron chi connectivity index (χ3n) is 2.40. The van der Waals surface area contributed by atoms with Gasteiger partial charge in [0.1, 0.15) is 0 Å². The highest BCUT2D eigenvalue weighted by Crippen LogP contribution is 2.18. The van der Waals surface area contributed by atoms with Gasteiger partial charge in [-0.25, -0.2) is 0 Å². The lowest BCUT2D eigenvalue weighted by molar-refractivity contribution is -0.138. The molecule has 0 saturated carbocycles. The number of aliphatic carboxylic acids is 1. The van der Waals surface area contributed by atoms with Crippen LogP contribution in [-0.4, -0.2) is 28.6 Å². The summed E-state index contributed by atoms with van der Waals surface area (Å²) in [5, 5.41) is 8.83. The molecule has 0 atom stereocenters. The molecule has 0 aliphatic carbocycles.